The van der Waals surface area contributed by atoms with Crippen LogP contribution in [0.25, 0.3) is 0 Å². The molecule has 0 saturated carbocycles. The van der Waals surface area contributed by atoms with Gasteiger partial charge in [-0.05, 0) is 5.56 Å². The molecule has 1 aromatic rings. The molecule has 0 aliphatic rings. The van der Waals surface area contributed by atoms with Crippen molar-refractivity contribution in [3.63, 3.8) is 0 Å². The Balaban J connectivity index is 2.41. The Morgan fingerprint density at radius 1 is 1.25 bits per heavy atom. The summed E-state index contributed by atoms with van der Waals surface area (Å²) in [5.41, 5.74) is 5.82. The van der Waals surface area contributed by atoms with Gasteiger partial charge in [-0.2, -0.15) is 0 Å². The minimum atomic E-state index is -1.32. The van der Waals surface area contributed by atoms with Crippen molar-refractivity contribution in [2.45, 2.75) is 12.6 Å². The third-order valence-electron chi connectivity index (χ3n) is 2.31. The van der Waals surface area contributed by atoms with E-state index in [1.807, 2.05) is 11.4 Å². The number of hydrogen-bond acceptors (Lipinski definition) is 4. The largest absolute Gasteiger partial charge is 0.465 e. The van der Waals surface area contributed by atoms with Gasteiger partial charge in [-0.15, -0.1) is 0 Å². The van der Waals surface area contributed by atoms with E-state index in [-0.39, 0.29) is 13.2 Å². The number of rotatable bonds is 6. The van der Waals surface area contributed by atoms with E-state index in [2.05, 4.69) is 5.32 Å². The quantitative estimate of drug-likeness (QED) is 0.584. The van der Waals surface area contributed by atoms with Gasteiger partial charge >= 0.3 is 12.2 Å². The summed E-state index contributed by atoms with van der Waals surface area (Å²) < 4.78 is 4.88. The van der Waals surface area contributed by atoms with Crippen LogP contribution in [-0.2, 0) is 16.1 Å². The fraction of sp³-hybridized carbons (Fsp3) is 0.250. The number of nitrogens with one attached hydrogen (secondary N) is 2. The number of carbonyl (C=O) groups is 3. The van der Waals surface area contributed by atoms with Crippen LogP contribution in [0, 0.1) is 0 Å². The molecule has 0 bridgehead atoms. The van der Waals surface area contributed by atoms with Gasteiger partial charge in [0.15, 0.2) is 0 Å². The number of ether oxygens (including phenoxy) is 1. The lowest BCUT2D eigenvalue weighted by molar-refractivity contribution is -0.119. The lowest BCUT2D eigenvalue weighted by Crippen LogP contribution is -2.51. The predicted molar refractivity (Wildman–Crippen MR) is 68.8 cm³/mol. The molecule has 5 N–H and O–H groups in total. The summed E-state index contributed by atoms with van der Waals surface area (Å²) in [7, 11) is 0. The van der Waals surface area contributed by atoms with Crippen LogP contribution in [0.4, 0.5) is 9.59 Å². The Morgan fingerprint density at radius 2 is 1.90 bits per heavy atom. The summed E-state index contributed by atoms with van der Waals surface area (Å²) in [5.74, 6) is -0.865. The molecule has 20 heavy (non-hydrogen) atoms. The van der Waals surface area contributed by atoms with E-state index in [1.54, 1.807) is 24.3 Å². The molecule has 0 aliphatic heterocycles. The highest BCUT2D eigenvalue weighted by Gasteiger charge is 2.19. The second kappa shape index (κ2) is 7.62. The first-order chi connectivity index (χ1) is 9.49. The first kappa shape index (κ1) is 15.3. The van der Waals surface area contributed by atoms with Gasteiger partial charge < -0.3 is 26.2 Å². The molecule has 1 atom stereocenters. The van der Waals surface area contributed by atoms with Crippen LogP contribution in [0.1, 0.15) is 5.56 Å². The van der Waals surface area contributed by atoms with Crippen LogP contribution in [0.3, 0.4) is 0 Å². The third-order valence-corrected chi connectivity index (χ3v) is 2.31. The van der Waals surface area contributed by atoms with E-state index < -0.39 is 24.1 Å². The molecule has 0 unspecified atom stereocenters. The van der Waals surface area contributed by atoms with E-state index >= 15 is 0 Å². The second-order valence-corrected chi connectivity index (χ2v) is 3.85. The standard InChI is InChI=1S/C12H15N3O5/c13-10(16)9(6-14-11(17)18)15-12(19)20-7-8-4-2-1-3-5-8/h1-5,9,14H,6-7H2,(H2,13,16)(H,15,19)(H,17,18)/t9-/m0/s1. The van der Waals surface area contributed by atoms with Crippen LogP contribution in [0.5, 0.6) is 0 Å². The number of benzene rings is 1. The van der Waals surface area contributed by atoms with Gasteiger partial charge in [0, 0.05) is 0 Å². The zero-order valence-corrected chi connectivity index (χ0v) is 10.5. The van der Waals surface area contributed by atoms with Gasteiger partial charge in [0.05, 0.1) is 6.54 Å². The normalized spacial score (nSPS) is 11.2. The highest BCUT2D eigenvalue weighted by atomic mass is 16.5. The van der Waals surface area contributed by atoms with E-state index in [0.29, 0.717) is 0 Å². The Labute approximate surface area is 114 Å². The first-order valence-corrected chi connectivity index (χ1v) is 5.72. The SMILES string of the molecule is NC(=O)[C@H](CNC(=O)O)NC(=O)OCc1ccccc1. The minimum absolute atomic E-state index is 0.0323. The number of alkyl carbamates (subject to hydrolysis) is 1. The minimum Gasteiger partial charge on any atom is -0.465 e. The monoisotopic (exact) mass is 281 g/mol. The Bertz CT molecular complexity index is 477. The maximum Gasteiger partial charge on any atom is 0.408 e. The average Bonchev–Trinajstić information content (AvgIpc) is 2.41. The van der Waals surface area contributed by atoms with Crippen molar-refractivity contribution in [1.29, 1.82) is 0 Å². The van der Waals surface area contributed by atoms with Gasteiger partial charge in [0.2, 0.25) is 5.91 Å². The summed E-state index contributed by atoms with van der Waals surface area (Å²) in [4.78, 5) is 32.8. The van der Waals surface area contributed by atoms with Crippen molar-refractivity contribution in [2.24, 2.45) is 5.73 Å². The summed E-state index contributed by atoms with van der Waals surface area (Å²) in [5, 5.41) is 12.6. The molecule has 0 aromatic heterocycles. The van der Waals surface area contributed by atoms with Crippen molar-refractivity contribution < 1.29 is 24.2 Å². The Hall–Kier alpha value is -2.77. The summed E-state index contributed by atoms with van der Waals surface area (Å²) >= 11 is 0. The number of primary amides is 1. The number of carboxylic acid groups (broad SMARTS) is 1. The number of carbonyl (C=O) groups excluding carboxylic acids is 2. The van der Waals surface area contributed by atoms with Crippen LogP contribution >= 0.6 is 0 Å². The lowest BCUT2D eigenvalue weighted by Gasteiger charge is -2.15. The molecule has 0 radical (unpaired) electrons. The van der Waals surface area contributed by atoms with Gasteiger partial charge in [0.1, 0.15) is 12.6 Å². The zero-order chi connectivity index (χ0) is 15.0. The maximum atomic E-state index is 11.5. The molecule has 1 rings (SSSR count). The molecule has 0 fully saturated rings. The molecule has 8 nitrogen and oxygen atoms in total. The molecule has 3 amide bonds. The maximum absolute atomic E-state index is 11.5. The van der Waals surface area contributed by atoms with Gasteiger partial charge in [-0.25, -0.2) is 9.59 Å². The topological polar surface area (TPSA) is 131 Å². The van der Waals surface area contributed by atoms with E-state index in [0.717, 1.165) is 5.56 Å². The molecule has 1 aromatic carbocycles. The highest BCUT2D eigenvalue weighted by Crippen LogP contribution is 2.00. The van der Waals surface area contributed by atoms with Crippen LogP contribution < -0.4 is 16.4 Å². The van der Waals surface area contributed by atoms with Crippen molar-refractivity contribution in [2.75, 3.05) is 6.54 Å². The molecule has 0 saturated heterocycles. The predicted octanol–water partition coefficient (Wildman–Crippen LogP) is 0.0343. The van der Waals surface area contributed by atoms with Crippen molar-refractivity contribution in [3.05, 3.63) is 35.9 Å². The van der Waals surface area contributed by atoms with Gasteiger partial charge in [-0.3, -0.25) is 4.79 Å². The molecular formula is C12H15N3O5. The lowest BCUT2D eigenvalue weighted by atomic mass is 10.2. The Morgan fingerprint density at radius 3 is 2.45 bits per heavy atom. The molecular weight excluding hydrogens is 266 g/mol. The van der Waals surface area contributed by atoms with E-state index in [9.17, 15) is 14.4 Å². The first-order valence-electron chi connectivity index (χ1n) is 5.72. The zero-order valence-electron chi connectivity index (χ0n) is 10.5. The van der Waals surface area contributed by atoms with Crippen LogP contribution in [-0.4, -0.2) is 35.8 Å². The molecule has 0 aliphatic carbocycles. The molecule has 0 heterocycles. The fourth-order valence-electron chi connectivity index (χ4n) is 1.32. The Kier molecular flexibility index (Phi) is 5.82. The van der Waals surface area contributed by atoms with Crippen molar-refractivity contribution in [1.82, 2.24) is 10.6 Å². The van der Waals surface area contributed by atoms with E-state index in [4.69, 9.17) is 15.6 Å². The summed E-state index contributed by atoms with van der Waals surface area (Å²) in [6.45, 7) is -0.296. The van der Waals surface area contributed by atoms with Gasteiger partial charge in [-0.1, -0.05) is 30.3 Å². The number of hydrogen-bond donors (Lipinski definition) is 4. The van der Waals surface area contributed by atoms with Crippen LogP contribution in [0.2, 0.25) is 0 Å². The fourth-order valence-corrected chi connectivity index (χ4v) is 1.32. The van der Waals surface area contributed by atoms with Crippen molar-refractivity contribution >= 4 is 18.1 Å². The second-order valence-electron chi connectivity index (χ2n) is 3.85. The number of amides is 3. The highest BCUT2D eigenvalue weighted by molar-refractivity contribution is 5.84. The summed E-state index contributed by atoms with van der Waals surface area (Å²) in [6.07, 6.45) is -2.18. The number of nitrogens with two attached hydrogens (primary N) is 1. The molecule has 0 spiro atoms. The third kappa shape index (κ3) is 5.71. The molecule has 8 heteroatoms. The van der Waals surface area contributed by atoms with E-state index in [1.165, 1.54) is 0 Å². The van der Waals surface area contributed by atoms with Crippen molar-refractivity contribution in [3.8, 4) is 0 Å². The van der Waals surface area contributed by atoms with Gasteiger partial charge in [0.25, 0.3) is 0 Å². The average molecular weight is 281 g/mol. The smallest absolute Gasteiger partial charge is 0.408 e. The summed E-state index contributed by atoms with van der Waals surface area (Å²) in [6, 6.07) is 7.77. The molecule has 108 valence electrons. The van der Waals surface area contributed by atoms with Crippen LogP contribution in [0.15, 0.2) is 30.3 Å².